The molecule has 0 fully saturated rings. The lowest BCUT2D eigenvalue weighted by atomic mass is 10.1. The zero-order valence-electron chi connectivity index (χ0n) is 10.5. The molecule has 1 unspecified atom stereocenters. The molecule has 1 atom stereocenters. The number of alkyl halides is 3. The number of halogens is 3. The summed E-state index contributed by atoms with van der Waals surface area (Å²) in [6.07, 6.45) is -3.63. The number of carboxylic acids is 1. The Kier molecular flexibility index (Phi) is 3.83. The molecule has 0 saturated heterocycles. The average Bonchev–Trinajstić information content (AvgIpc) is 2.80. The number of aliphatic carboxylic acids is 1. The van der Waals surface area contributed by atoms with Gasteiger partial charge in [-0.25, -0.2) is 9.31 Å². The molecule has 0 bridgehead atoms. The number of carboxylic acid groups (broad SMARTS) is 1. The largest absolute Gasteiger partial charge is 0.480 e. The molecular formula is C12H10F3N3O3. The van der Waals surface area contributed by atoms with Gasteiger partial charge in [-0.3, -0.25) is 4.79 Å². The molecule has 2 aromatic heterocycles. The number of carbonyl (C=O) groups is 2. The number of hydrogen-bond acceptors (Lipinski definition) is 3. The Hall–Kier alpha value is -2.58. The molecule has 9 heteroatoms. The van der Waals surface area contributed by atoms with Crippen LogP contribution in [0.4, 0.5) is 13.2 Å². The summed E-state index contributed by atoms with van der Waals surface area (Å²) in [4.78, 5) is 22.7. The Morgan fingerprint density at radius 2 is 2.10 bits per heavy atom. The van der Waals surface area contributed by atoms with Gasteiger partial charge in [-0.2, -0.15) is 18.3 Å². The maximum absolute atomic E-state index is 12.3. The van der Waals surface area contributed by atoms with Crippen LogP contribution in [0.25, 0.3) is 5.52 Å². The summed E-state index contributed by atoms with van der Waals surface area (Å²) < 4.78 is 38.2. The minimum Gasteiger partial charge on any atom is -0.480 e. The molecule has 1 amide bonds. The highest BCUT2D eigenvalue weighted by Gasteiger charge is 2.36. The number of hydrogen-bond donors (Lipinski definition) is 2. The second-order valence-corrected chi connectivity index (χ2v) is 4.27. The number of nitrogens with zero attached hydrogens (tertiary/aromatic N) is 2. The fraction of sp³-hybridized carbons (Fsp3) is 0.250. The van der Waals surface area contributed by atoms with Crippen molar-refractivity contribution in [2.45, 2.75) is 18.6 Å². The van der Waals surface area contributed by atoms with E-state index in [0.717, 1.165) is 6.20 Å². The Balaban J connectivity index is 2.21. The molecule has 21 heavy (non-hydrogen) atoms. The summed E-state index contributed by atoms with van der Waals surface area (Å²) in [6.45, 7) is 0. The molecule has 2 heterocycles. The van der Waals surface area contributed by atoms with Crippen LogP contribution in [0.1, 0.15) is 16.8 Å². The van der Waals surface area contributed by atoms with Gasteiger partial charge in [0.1, 0.15) is 6.04 Å². The third-order valence-corrected chi connectivity index (χ3v) is 2.71. The van der Waals surface area contributed by atoms with Crippen LogP contribution < -0.4 is 5.32 Å². The van der Waals surface area contributed by atoms with E-state index in [1.165, 1.54) is 4.52 Å². The van der Waals surface area contributed by atoms with E-state index in [1.807, 2.05) is 5.32 Å². The van der Waals surface area contributed by atoms with Crippen molar-refractivity contribution in [1.82, 2.24) is 14.9 Å². The van der Waals surface area contributed by atoms with E-state index >= 15 is 0 Å². The number of aromatic nitrogens is 2. The maximum Gasteiger partial charge on any atom is 0.391 e. The topological polar surface area (TPSA) is 83.7 Å². The van der Waals surface area contributed by atoms with Gasteiger partial charge < -0.3 is 10.4 Å². The van der Waals surface area contributed by atoms with Crippen molar-refractivity contribution < 1.29 is 27.9 Å². The molecule has 0 aliphatic rings. The van der Waals surface area contributed by atoms with Crippen LogP contribution in [0.15, 0.2) is 30.6 Å². The summed E-state index contributed by atoms with van der Waals surface area (Å²) in [5.74, 6) is -2.68. The second-order valence-electron chi connectivity index (χ2n) is 4.27. The van der Waals surface area contributed by atoms with Gasteiger partial charge >= 0.3 is 12.1 Å². The van der Waals surface area contributed by atoms with E-state index in [0.29, 0.717) is 5.52 Å². The third-order valence-electron chi connectivity index (χ3n) is 2.71. The van der Waals surface area contributed by atoms with Crippen LogP contribution >= 0.6 is 0 Å². The molecule has 0 spiro atoms. The van der Waals surface area contributed by atoms with E-state index in [2.05, 4.69) is 5.10 Å². The molecule has 6 nitrogen and oxygen atoms in total. The minimum absolute atomic E-state index is 0.00373. The van der Waals surface area contributed by atoms with Gasteiger partial charge in [0.15, 0.2) is 0 Å². The van der Waals surface area contributed by atoms with E-state index in [9.17, 15) is 22.8 Å². The molecule has 0 aromatic carbocycles. The number of amides is 1. The van der Waals surface area contributed by atoms with Gasteiger partial charge in [-0.15, -0.1) is 0 Å². The standard InChI is InChI=1S/C12H10F3N3O3/c13-12(14,15)5-8(11(20)21)17-10(19)7-6-16-18-4-2-1-3-9(7)18/h1-4,6,8H,5H2,(H,17,19)(H,20,21). The molecular weight excluding hydrogens is 291 g/mol. The Bertz CT molecular complexity index is 681. The van der Waals surface area contributed by atoms with Crippen LogP contribution in [-0.2, 0) is 4.79 Å². The van der Waals surface area contributed by atoms with Gasteiger partial charge in [0, 0.05) is 6.20 Å². The number of carbonyl (C=O) groups excluding carboxylic acids is 1. The molecule has 0 aliphatic heterocycles. The maximum atomic E-state index is 12.3. The fourth-order valence-electron chi connectivity index (χ4n) is 1.78. The lowest BCUT2D eigenvalue weighted by Gasteiger charge is -2.15. The van der Waals surface area contributed by atoms with E-state index < -0.39 is 30.5 Å². The van der Waals surface area contributed by atoms with Crippen LogP contribution in [-0.4, -0.2) is 38.8 Å². The van der Waals surface area contributed by atoms with Crippen molar-refractivity contribution in [2.75, 3.05) is 0 Å². The van der Waals surface area contributed by atoms with Gasteiger partial charge in [0.2, 0.25) is 0 Å². The van der Waals surface area contributed by atoms with Crippen LogP contribution in [0, 0.1) is 0 Å². The second kappa shape index (κ2) is 5.43. The minimum atomic E-state index is -4.70. The van der Waals surface area contributed by atoms with Gasteiger partial charge in [-0.05, 0) is 12.1 Å². The van der Waals surface area contributed by atoms with Crippen molar-refractivity contribution in [3.8, 4) is 0 Å². The van der Waals surface area contributed by atoms with Crippen molar-refractivity contribution in [1.29, 1.82) is 0 Å². The monoisotopic (exact) mass is 301 g/mol. The molecule has 2 rings (SSSR count). The average molecular weight is 301 g/mol. The Morgan fingerprint density at radius 1 is 1.38 bits per heavy atom. The highest BCUT2D eigenvalue weighted by atomic mass is 19.4. The van der Waals surface area contributed by atoms with Crippen molar-refractivity contribution in [2.24, 2.45) is 0 Å². The van der Waals surface area contributed by atoms with E-state index in [1.54, 1.807) is 24.4 Å². The van der Waals surface area contributed by atoms with Crippen LogP contribution in [0.3, 0.4) is 0 Å². The van der Waals surface area contributed by atoms with Gasteiger partial charge in [0.05, 0.1) is 23.7 Å². The number of pyridine rings is 1. The molecule has 2 aromatic rings. The molecule has 112 valence electrons. The number of rotatable bonds is 4. The predicted molar refractivity (Wildman–Crippen MR) is 64.8 cm³/mol. The zero-order valence-corrected chi connectivity index (χ0v) is 10.5. The SMILES string of the molecule is O=C(NC(CC(F)(F)F)C(=O)O)c1cnn2ccccc12. The summed E-state index contributed by atoms with van der Waals surface area (Å²) in [5, 5.41) is 14.5. The van der Waals surface area contributed by atoms with Crippen molar-refractivity contribution in [3.63, 3.8) is 0 Å². The summed E-state index contributed by atoms with van der Waals surface area (Å²) >= 11 is 0. The van der Waals surface area contributed by atoms with E-state index in [4.69, 9.17) is 5.11 Å². The first kappa shape index (κ1) is 14.8. The molecule has 2 N–H and O–H groups in total. The normalized spacial score (nSPS) is 13.1. The highest BCUT2D eigenvalue weighted by Crippen LogP contribution is 2.22. The van der Waals surface area contributed by atoms with Crippen LogP contribution in [0.2, 0.25) is 0 Å². The highest BCUT2D eigenvalue weighted by molar-refractivity contribution is 6.02. The smallest absolute Gasteiger partial charge is 0.391 e. The number of nitrogens with one attached hydrogen (secondary N) is 1. The Morgan fingerprint density at radius 3 is 2.71 bits per heavy atom. The quantitative estimate of drug-likeness (QED) is 0.895. The first-order valence-corrected chi connectivity index (χ1v) is 5.81. The van der Waals surface area contributed by atoms with Gasteiger partial charge in [0.25, 0.3) is 5.91 Å². The fourth-order valence-corrected chi connectivity index (χ4v) is 1.78. The summed E-state index contributed by atoms with van der Waals surface area (Å²) in [5.41, 5.74) is 0.371. The molecule has 0 saturated carbocycles. The predicted octanol–water partition coefficient (Wildman–Crippen LogP) is 1.47. The Labute approximate surface area is 116 Å². The summed E-state index contributed by atoms with van der Waals surface area (Å²) in [6, 6.07) is 2.78. The lowest BCUT2D eigenvalue weighted by Crippen LogP contribution is -2.43. The van der Waals surface area contributed by atoms with Crippen molar-refractivity contribution >= 4 is 17.4 Å². The third kappa shape index (κ3) is 3.50. The van der Waals surface area contributed by atoms with Crippen molar-refractivity contribution in [3.05, 3.63) is 36.2 Å². The first-order valence-electron chi connectivity index (χ1n) is 5.81. The molecule has 0 aliphatic carbocycles. The zero-order chi connectivity index (χ0) is 15.6. The lowest BCUT2D eigenvalue weighted by molar-refractivity contribution is -0.157. The van der Waals surface area contributed by atoms with Crippen LogP contribution in [0.5, 0.6) is 0 Å². The van der Waals surface area contributed by atoms with Gasteiger partial charge in [-0.1, -0.05) is 6.07 Å². The summed E-state index contributed by atoms with van der Waals surface area (Å²) in [7, 11) is 0. The van der Waals surface area contributed by atoms with E-state index in [-0.39, 0.29) is 5.56 Å². The molecule has 0 radical (unpaired) electrons. The number of fused-ring (bicyclic) bond motifs is 1. The first-order chi connectivity index (χ1) is 9.78.